The van der Waals surface area contributed by atoms with Gasteiger partial charge in [0, 0.05) is 36.4 Å². The highest BCUT2D eigenvalue weighted by Crippen LogP contribution is 2.34. The molecule has 9 heteroatoms. The van der Waals surface area contributed by atoms with Crippen molar-refractivity contribution in [3.05, 3.63) is 112 Å². The molecule has 1 heterocycles. The van der Waals surface area contributed by atoms with E-state index in [1.54, 1.807) is 67.4 Å². The van der Waals surface area contributed by atoms with Gasteiger partial charge in [0.1, 0.15) is 12.4 Å². The van der Waals surface area contributed by atoms with Crippen LogP contribution in [0.25, 0.3) is 0 Å². The maximum Gasteiger partial charge on any atom is 0.335 e. The van der Waals surface area contributed by atoms with Gasteiger partial charge in [0.15, 0.2) is 0 Å². The Hall–Kier alpha value is -4.30. The van der Waals surface area contributed by atoms with Crippen LogP contribution in [0.5, 0.6) is 5.75 Å². The van der Waals surface area contributed by atoms with Gasteiger partial charge in [0.05, 0.1) is 11.6 Å². The van der Waals surface area contributed by atoms with Crippen molar-refractivity contribution in [2.24, 2.45) is 0 Å². The number of amides is 3. The molecule has 1 atom stereocenters. The Morgan fingerprint density at radius 2 is 1.77 bits per heavy atom. The minimum atomic E-state index is -1.12. The molecule has 0 spiro atoms. The number of hydrogen-bond donors (Lipinski definition) is 2. The first kappa shape index (κ1) is 27.7. The highest BCUT2D eigenvalue weighted by Gasteiger charge is 2.37. The molecule has 0 bridgehead atoms. The molecule has 8 nitrogen and oxygen atoms in total. The van der Waals surface area contributed by atoms with Crippen molar-refractivity contribution in [3.8, 4) is 5.75 Å². The molecule has 3 aromatic rings. The SMILES string of the molecule is CC1=C(C(=O)O)C(c2cccc(Cl)c2)N(CCCN(C)C(=O)c2ccc(OCc3ccccc3)cc2)C(=O)N1. The number of allylic oxidation sites excluding steroid dienone is 1. The number of benzene rings is 3. The summed E-state index contributed by atoms with van der Waals surface area (Å²) in [5.41, 5.74) is 2.54. The molecule has 3 amide bonds. The summed E-state index contributed by atoms with van der Waals surface area (Å²) >= 11 is 6.17. The van der Waals surface area contributed by atoms with E-state index in [-0.39, 0.29) is 23.7 Å². The molecule has 0 fully saturated rings. The maximum absolute atomic E-state index is 13.0. The summed E-state index contributed by atoms with van der Waals surface area (Å²) < 4.78 is 5.79. The van der Waals surface area contributed by atoms with Crippen molar-refractivity contribution >= 4 is 29.5 Å². The zero-order chi connectivity index (χ0) is 27.9. The molecule has 1 aliphatic heterocycles. The van der Waals surface area contributed by atoms with Crippen LogP contribution in [-0.2, 0) is 11.4 Å². The van der Waals surface area contributed by atoms with E-state index in [2.05, 4.69) is 5.32 Å². The van der Waals surface area contributed by atoms with E-state index in [1.165, 1.54) is 4.90 Å². The van der Waals surface area contributed by atoms with E-state index in [0.29, 0.717) is 41.5 Å². The lowest BCUT2D eigenvalue weighted by Gasteiger charge is -2.37. The van der Waals surface area contributed by atoms with Crippen molar-refractivity contribution in [1.29, 1.82) is 0 Å². The van der Waals surface area contributed by atoms with Crippen LogP contribution in [0.15, 0.2) is 90.1 Å². The molecule has 4 rings (SSSR count). The summed E-state index contributed by atoms with van der Waals surface area (Å²) in [6, 6.07) is 22.4. The van der Waals surface area contributed by atoms with Crippen LogP contribution in [0.4, 0.5) is 4.79 Å². The number of carbonyl (C=O) groups excluding carboxylic acids is 2. The van der Waals surface area contributed by atoms with Gasteiger partial charge in [-0.05, 0) is 60.9 Å². The minimum Gasteiger partial charge on any atom is -0.489 e. The van der Waals surface area contributed by atoms with Gasteiger partial charge in [0.25, 0.3) is 5.91 Å². The summed E-state index contributed by atoms with van der Waals surface area (Å²) in [5.74, 6) is -0.620. The average Bonchev–Trinajstić information content (AvgIpc) is 2.93. The highest BCUT2D eigenvalue weighted by molar-refractivity contribution is 6.30. The number of halogens is 1. The number of rotatable bonds is 10. The maximum atomic E-state index is 13.0. The lowest BCUT2D eigenvalue weighted by molar-refractivity contribution is -0.133. The number of carboxylic acids is 1. The number of aliphatic carboxylic acids is 1. The summed E-state index contributed by atoms with van der Waals surface area (Å²) in [6.07, 6.45) is 0.441. The third-order valence-electron chi connectivity index (χ3n) is 6.53. The quantitative estimate of drug-likeness (QED) is 0.349. The van der Waals surface area contributed by atoms with Gasteiger partial charge in [-0.3, -0.25) is 4.79 Å². The number of carboxylic acid groups (broad SMARTS) is 1. The van der Waals surface area contributed by atoms with Crippen LogP contribution >= 0.6 is 11.6 Å². The standard InChI is InChI=1S/C30H30ClN3O5/c1-20-26(29(36)37)27(23-10-6-11-24(31)18-23)34(30(38)32-20)17-7-16-33(2)28(35)22-12-14-25(15-13-22)39-19-21-8-4-3-5-9-21/h3-6,8-15,18,27H,7,16-17,19H2,1-2H3,(H,32,38)(H,36,37). The van der Waals surface area contributed by atoms with E-state index in [4.69, 9.17) is 16.3 Å². The Morgan fingerprint density at radius 3 is 2.44 bits per heavy atom. The van der Waals surface area contributed by atoms with Crippen molar-refractivity contribution < 1.29 is 24.2 Å². The number of nitrogens with one attached hydrogen (secondary N) is 1. The molecule has 0 saturated heterocycles. The van der Waals surface area contributed by atoms with Crippen molar-refractivity contribution in [2.75, 3.05) is 20.1 Å². The van der Waals surface area contributed by atoms with Gasteiger partial charge in [-0.25, -0.2) is 9.59 Å². The molecule has 0 aromatic heterocycles. The molecule has 202 valence electrons. The largest absolute Gasteiger partial charge is 0.489 e. The molecule has 39 heavy (non-hydrogen) atoms. The molecule has 2 N–H and O–H groups in total. The molecule has 1 unspecified atom stereocenters. The van der Waals surface area contributed by atoms with Crippen LogP contribution in [0.2, 0.25) is 5.02 Å². The lowest BCUT2D eigenvalue weighted by Crippen LogP contribution is -2.49. The van der Waals surface area contributed by atoms with E-state index in [1.807, 2.05) is 30.3 Å². The predicted octanol–water partition coefficient (Wildman–Crippen LogP) is 5.51. The number of carbonyl (C=O) groups is 3. The average molecular weight is 548 g/mol. The van der Waals surface area contributed by atoms with E-state index >= 15 is 0 Å². The minimum absolute atomic E-state index is 0.0795. The third kappa shape index (κ3) is 6.78. The Labute approximate surface area is 232 Å². The van der Waals surface area contributed by atoms with Crippen LogP contribution in [0.3, 0.4) is 0 Å². The molecule has 3 aromatic carbocycles. The lowest BCUT2D eigenvalue weighted by atomic mass is 9.93. The van der Waals surface area contributed by atoms with Crippen LogP contribution in [-0.4, -0.2) is 53.0 Å². The number of ether oxygens (including phenoxy) is 1. The van der Waals surface area contributed by atoms with Gasteiger partial charge in [0.2, 0.25) is 0 Å². The zero-order valence-corrected chi connectivity index (χ0v) is 22.5. The normalized spacial score (nSPS) is 15.1. The Morgan fingerprint density at radius 1 is 1.05 bits per heavy atom. The van der Waals surface area contributed by atoms with E-state index < -0.39 is 18.0 Å². The summed E-state index contributed by atoms with van der Waals surface area (Å²) in [6.45, 7) is 2.60. The van der Waals surface area contributed by atoms with E-state index in [9.17, 15) is 19.5 Å². The first-order valence-electron chi connectivity index (χ1n) is 12.5. The number of nitrogens with zero attached hydrogens (tertiary/aromatic N) is 2. The Kier molecular flexibility index (Phi) is 8.88. The smallest absolute Gasteiger partial charge is 0.335 e. The fourth-order valence-electron chi connectivity index (χ4n) is 4.54. The fraction of sp³-hybridized carbons (Fsp3) is 0.233. The van der Waals surface area contributed by atoms with Crippen LogP contribution in [0, 0.1) is 0 Å². The highest BCUT2D eigenvalue weighted by atomic mass is 35.5. The van der Waals surface area contributed by atoms with Crippen LogP contribution < -0.4 is 10.1 Å². The van der Waals surface area contributed by atoms with Gasteiger partial charge in [-0.1, -0.05) is 54.1 Å². The molecule has 0 aliphatic carbocycles. The van der Waals surface area contributed by atoms with Gasteiger partial charge >= 0.3 is 12.0 Å². The fourth-order valence-corrected chi connectivity index (χ4v) is 4.74. The molecule has 0 radical (unpaired) electrons. The second kappa shape index (κ2) is 12.5. The monoisotopic (exact) mass is 547 g/mol. The third-order valence-corrected chi connectivity index (χ3v) is 6.76. The molecule has 1 aliphatic rings. The summed E-state index contributed by atoms with van der Waals surface area (Å²) in [7, 11) is 1.69. The predicted molar refractivity (Wildman–Crippen MR) is 149 cm³/mol. The van der Waals surface area contributed by atoms with Gasteiger partial charge < -0.3 is 25.0 Å². The molecule has 0 saturated carbocycles. The molecular weight excluding hydrogens is 518 g/mol. The molecular formula is C30H30ClN3O5. The topological polar surface area (TPSA) is 99.2 Å². The van der Waals surface area contributed by atoms with Crippen molar-refractivity contribution in [1.82, 2.24) is 15.1 Å². The summed E-state index contributed by atoms with van der Waals surface area (Å²) in [4.78, 5) is 41.1. The van der Waals surface area contributed by atoms with Gasteiger partial charge in [-0.2, -0.15) is 0 Å². The number of urea groups is 1. The Bertz CT molecular complexity index is 1370. The van der Waals surface area contributed by atoms with Crippen molar-refractivity contribution in [2.45, 2.75) is 26.0 Å². The van der Waals surface area contributed by atoms with Crippen LogP contribution in [0.1, 0.15) is 40.9 Å². The summed E-state index contributed by atoms with van der Waals surface area (Å²) in [5, 5.41) is 13.0. The van der Waals surface area contributed by atoms with E-state index in [0.717, 1.165) is 5.56 Å². The second-order valence-electron chi connectivity index (χ2n) is 9.30. The second-order valence-corrected chi connectivity index (χ2v) is 9.74. The first-order valence-corrected chi connectivity index (χ1v) is 12.9. The number of hydrogen-bond acceptors (Lipinski definition) is 4. The van der Waals surface area contributed by atoms with Crippen molar-refractivity contribution in [3.63, 3.8) is 0 Å². The Balaban J connectivity index is 1.38. The first-order chi connectivity index (χ1) is 18.7. The van der Waals surface area contributed by atoms with Gasteiger partial charge in [-0.15, -0.1) is 0 Å². The zero-order valence-electron chi connectivity index (χ0n) is 21.8.